The monoisotopic (exact) mass is 280 g/mol. The van der Waals surface area contributed by atoms with Gasteiger partial charge in [0.05, 0.1) is 12.5 Å². The third-order valence-corrected chi connectivity index (χ3v) is 3.25. The van der Waals surface area contributed by atoms with E-state index in [-0.39, 0.29) is 11.2 Å². The summed E-state index contributed by atoms with van der Waals surface area (Å²) in [4.78, 5) is 8.08. The van der Waals surface area contributed by atoms with E-state index in [9.17, 15) is 4.39 Å². The number of rotatable bonds is 4. The lowest BCUT2D eigenvalue weighted by Crippen LogP contribution is -2.00. The molecule has 1 aromatic heterocycles. The Bertz CT molecular complexity index is 577. The molecular weight excluding hydrogens is 267 g/mol. The highest BCUT2D eigenvalue weighted by Gasteiger charge is 2.12. The van der Waals surface area contributed by atoms with Crippen LogP contribution in [-0.4, -0.2) is 17.1 Å². The molecule has 100 valence electrons. The van der Waals surface area contributed by atoms with Crippen molar-refractivity contribution in [3.63, 3.8) is 0 Å². The second kappa shape index (κ2) is 5.97. The van der Waals surface area contributed by atoms with Gasteiger partial charge in [0, 0.05) is 18.2 Å². The van der Waals surface area contributed by atoms with E-state index < -0.39 is 0 Å². The van der Waals surface area contributed by atoms with Crippen LogP contribution >= 0.6 is 11.6 Å². The Hall–Kier alpha value is -1.68. The van der Waals surface area contributed by atoms with Crippen molar-refractivity contribution in [2.75, 3.05) is 7.11 Å². The molecule has 0 spiro atoms. The summed E-state index contributed by atoms with van der Waals surface area (Å²) in [5, 5.41) is -0.265. The summed E-state index contributed by atoms with van der Waals surface area (Å²) < 4.78 is 18.2. The minimum absolute atomic E-state index is 0.226. The molecule has 2 rings (SSSR count). The van der Waals surface area contributed by atoms with Gasteiger partial charge in [-0.1, -0.05) is 12.1 Å². The van der Waals surface area contributed by atoms with Gasteiger partial charge in [-0.25, -0.2) is 14.4 Å². The molecular formula is C14H14ClFN2O. The van der Waals surface area contributed by atoms with Crippen molar-refractivity contribution < 1.29 is 9.13 Å². The number of hydrogen-bond acceptors (Lipinski definition) is 3. The normalized spacial score (nSPS) is 12.2. The zero-order chi connectivity index (χ0) is 13.8. The van der Waals surface area contributed by atoms with Crippen molar-refractivity contribution in [3.05, 3.63) is 53.2 Å². The second-order valence-corrected chi connectivity index (χ2v) is 4.76. The van der Waals surface area contributed by atoms with E-state index in [4.69, 9.17) is 16.3 Å². The first-order chi connectivity index (χ1) is 9.10. The van der Waals surface area contributed by atoms with E-state index in [1.165, 1.54) is 12.4 Å². The van der Waals surface area contributed by atoms with Gasteiger partial charge in [-0.3, -0.25) is 0 Å². The maximum Gasteiger partial charge on any atom is 0.216 e. The summed E-state index contributed by atoms with van der Waals surface area (Å²) in [5.74, 6) is 0.278. The van der Waals surface area contributed by atoms with Crippen LogP contribution in [0.2, 0.25) is 0 Å². The number of alkyl halides is 1. The topological polar surface area (TPSA) is 35.0 Å². The summed E-state index contributed by atoms with van der Waals surface area (Å²) in [6.07, 6.45) is 1.97. The molecule has 0 N–H and O–H groups in total. The molecule has 0 aliphatic heterocycles. The predicted molar refractivity (Wildman–Crippen MR) is 72.0 cm³/mol. The average Bonchev–Trinajstić information content (AvgIpc) is 2.42. The Morgan fingerprint density at radius 3 is 2.79 bits per heavy atom. The molecule has 5 heteroatoms. The minimum atomic E-state index is -0.265. The molecule has 19 heavy (non-hydrogen) atoms. The fourth-order valence-corrected chi connectivity index (χ4v) is 2.06. The van der Waals surface area contributed by atoms with Crippen LogP contribution in [-0.2, 0) is 6.42 Å². The Kier molecular flexibility index (Phi) is 4.32. The highest BCUT2D eigenvalue weighted by atomic mass is 35.5. The predicted octanol–water partition coefficient (Wildman–Crippen LogP) is 3.46. The first kappa shape index (κ1) is 13.7. The summed E-state index contributed by atoms with van der Waals surface area (Å²) in [6.45, 7) is 1.72. The van der Waals surface area contributed by atoms with Gasteiger partial charge < -0.3 is 4.74 Å². The van der Waals surface area contributed by atoms with E-state index in [1.807, 2.05) is 0 Å². The van der Waals surface area contributed by atoms with E-state index >= 15 is 0 Å². The Balaban J connectivity index is 2.15. The van der Waals surface area contributed by atoms with Crippen molar-refractivity contribution in [1.82, 2.24) is 9.97 Å². The molecule has 1 unspecified atom stereocenters. The molecule has 0 fully saturated rings. The maximum atomic E-state index is 13.2. The SMILES string of the molecule is COc1cc(CC(Cl)c2ccc(F)c(C)c2)ncn1. The van der Waals surface area contributed by atoms with Crippen molar-refractivity contribution in [1.29, 1.82) is 0 Å². The summed E-state index contributed by atoms with van der Waals surface area (Å²) in [6, 6.07) is 6.62. The number of ether oxygens (including phenoxy) is 1. The molecule has 1 atom stereocenters. The van der Waals surface area contributed by atoms with Gasteiger partial charge in [-0.2, -0.15) is 0 Å². The molecule has 1 aromatic carbocycles. The lowest BCUT2D eigenvalue weighted by Gasteiger charge is -2.11. The standard InChI is InChI=1S/C14H14ClFN2O/c1-9-5-10(3-4-13(9)16)12(15)6-11-7-14(19-2)18-8-17-11/h3-5,7-8,12H,6H2,1-2H3. The maximum absolute atomic E-state index is 13.2. The molecule has 0 saturated carbocycles. The molecule has 1 heterocycles. The van der Waals surface area contributed by atoms with E-state index in [2.05, 4.69) is 9.97 Å². The van der Waals surface area contributed by atoms with Crippen LogP contribution in [0.1, 0.15) is 22.2 Å². The number of nitrogens with zero attached hydrogens (tertiary/aromatic N) is 2. The summed E-state index contributed by atoms with van der Waals surface area (Å²) in [7, 11) is 1.55. The summed E-state index contributed by atoms with van der Waals surface area (Å²) >= 11 is 6.34. The molecule has 0 saturated heterocycles. The third-order valence-electron chi connectivity index (χ3n) is 2.84. The van der Waals surface area contributed by atoms with Crippen molar-refractivity contribution in [3.8, 4) is 5.88 Å². The van der Waals surface area contributed by atoms with Gasteiger partial charge >= 0.3 is 0 Å². The van der Waals surface area contributed by atoms with E-state index in [0.29, 0.717) is 17.9 Å². The Labute approximate surface area is 116 Å². The van der Waals surface area contributed by atoms with Gasteiger partial charge in [0.15, 0.2) is 0 Å². The van der Waals surface area contributed by atoms with Gasteiger partial charge in [0.2, 0.25) is 5.88 Å². The van der Waals surface area contributed by atoms with Crippen LogP contribution in [0.5, 0.6) is 5.88 Å². The zero-order valence-corrected chi connectivity index (χ0v) is 11.5. The Morgan fingerprint density at radius 2 is 2.11 bits per heavy atom. The van der Waals surface area contributed by atoms with Gasteiger partial charge in [0.25, 0.3) is 0 Å². The number of methoxy groups -OCH3 is 1. The van der Waals surface area contributed by atoms with Crippen molar-refractivity contribution in [2.24, 2.45) is 0 Å². The lowest BCUT2D eigenvalue weighted by molar-refractivity contribution is 0.396. The third kappa shape index (κ3) is 3.41. The minimum Gasteiger partial charge on any atom is -0.481 e. The largest absolute Gasteiger partial charge is 0.481 e. The van der Waals surface area contributed by atoms with E-state index in [0.717, 1.165) is 11.3 Å². The number of hydrogen-bond donors (Lipinski definition) is 0. The number of benzene rings is 1. The van der Waals surface area contributed by atoms with Crippen LogP contribution in [0.4, 0.5) is 4.39 Å². The van der Waals surface area contributed by atoms with Gasteiger partial charge in [0.1, 0.15) is 12.1 Å². The highest BCUT2D eigenvalue weighted by molar-refractivity contribution is 6.20. The summed E-state index contributed by atoms with van der Waals surface area (Å²) in [5.41, 5.74) is 2.25. The molecule has 0 amide bonds. The van der Waals surface area contributed by atoms with Crippen LogP contribution in [0.15, 0.2) is 30.6 Å². The van der Waals surface area contributed by atoms with Crippen LogP contribution < -0.4 is 4.74 Å². The number of aromatic nitrogens is 2. The molecule has 0 bridgehead atoms. The highest BCUT2D eigenvalue weighted by Crippen LogP contribution is 2.26. The first-order valence-corrected chi connectivity index (χ1v) is 6.29. The van der Waals surface area contributed by atoms with Crippen molar-refractivity contribution >= 4 is 11.6 Å². The van der Waals surface area contributed by atoms with E-state index in [1.54, 1.807) is 32.2 Å². The van der Waals surface area contributed by atoms with Crippen LogP contribution in [0.3, 0.4) is 0 Å². The smallest absolute Gasteiger partial charge is 0.216 e. The van der Waals surface area contributed by atoms with Gasteiger partial charge in [-0.05, 0) is 24.1 Å². The quantitative estimate of drug-likeness (QED) is 0.805. The van der Waals surface area contributed by atoms with Crippen molar-refractivity contribution in [2.45, 2.75) is 18.7 Å². The molecule has 2 aromatic rings. The fraction of sp³-hybridized carbons (Fsp3) is 0.286. The lowest BCUT2D eigenvalue weighted by atomic mass is 10.0. The first-order valence-electron chi connectivity index (χ1n) is 5.85. The fourth-order valence-electron chi connectivity index (χ4n) is 1.76. The molecule has 0 aliphatic rings. The number of halogens is 2. The Morgan fingerprint density at radius 1 is 1.32 bits per heavy atom. The molecule has 0 aliphatic carbocycles. The molecule has 0 radical (unpaired) electrons. The van der Waals surface area contributed by atoms with Crippen LogP contribution in [0, 0.1) is 12.7 Å². The molecule has 3 nitrogen and oxygen atoms in total. The van der Waals surface area contributed by atoms with Gasteiger partial charge in [-0.15, -0.1) is 11.6 Å². The van der Waals surface area contributed by atoms with Crippen LogP contribution in [0.25, 0.3) is 0 Å². The zero-order valence-electron chi connectivity index (χ0n) is 10.7. The second-order valence-electron chi connectivity index (χ2n) is 4.23. The average molecular weight is 281 g/mol. The number of aryl methyl sites for hydroxylation is 1.